The van der Waals surface area contributed by atoms with Crippen LogP contribution in [-0.2, 0) is 6.54 Å². The lowest BCUT2D eigenvalue weighted by Crippen LogP contribution is -2.29. The minimum atomic E-state index is 0.337. The molecule has 15 heavy (non-hydrogen) atoms. The van der Waals surface area contributed by atoms with E-state index in [2.05, 4.69) is 43.4 Å². The number of hydrogen-bond donors (Lipinski definition) is 2. The van der Waals surface area contributed by atoms with Gasteiger partial charge in [0.15, 0.2) is 0 Å². The molecule has 1 aromatic rings. The molecule has 0 spiro atoms. The van der Waals surface area contributed by atoms with Gasteiger partial charge in [-0.05, 0) is 19.4 Å². The molecule has 3 heteroatoms. The fourth-order valence-corrected chi connectivity index (χ4v) is 1.62. The molecule has 0 amide bonds. The number of aryl methyl sites for hydroxylation is 1. The highest BCUT2D eigenvalue weighted by Gasteiger charge is 2.02. The van der Waals surface area contributed by atoms with Crippen LogP contribution in [0.5, 0.6) is 0 Å². The van der Waals surface area contributed by atoms with Gasteiger partial charge < -0.3 is 11.1 Å². The largest absolute Gasteiger partial charge is 0.393 e. The first kappa shape index (κ1) is 12.1. The van der Waals surface area contributed by atoms with Crippen molar-refractivity contribution >= 4 is 17.2 Å². The monoisotopic (exact) mass is 222 g/mol. The van der Waals surface area contributed by atoms with Gasteiger partial charge in [0.1, 0.15) is 0 Å². The van der Waals surface area contributed by atoms with Crippen LogP contribution in [0.3, 0.4) is 0 Å². The first-order valence-corrected chi connectivity index (χ1v) is 5.56. The summed E-state index contributed by atoms with van der Waals surface area (Å²) >= 11 is 4.86. The Morgan fingerprint density at radius 3 is 2.53 bits per heavy atom. The van der Waals surface area contributed by atoms with Crippen molar-refractivity contribution in [2.24, 2.45) is 5.73 Å². The van der Waals surface area contributed by atoms with Crippen LogP contribution in [0.2, 0.25) is 0 Å². The van der Waals surface area contributed by atoms with E-state index >= 15 is 0 Å². The fraction of sp³-hybridized carbons (Fsp3) is 0.417. The van der Waals surface area contributed by atoms with Crippen molar-refractivity contribution in [2.75, 3.05) is 0 Å². The Balaban J connectivity index is 2.36. The lowest BCUT2D eigenvalue weighted by Gasteiger charge is -2.12. The van der Waals surface area contributed by atoms with Gasteiger partial charge in [-0.25, -0.2) is 0 Å². The van der Waals surface area contributed by atoms with Crippen LogP contribution in [0.25, 0.3) is 0 Å². The average molecular weight is 222 g/mol. The van der Waals surface area contributed by atoms with E-state index in [4.69, 9.17) is 18.0 Å². The lowest BCUT2D eigenvalue weighted by molar-refractivity contribution is 0.564. The summed E-state index contributed by atoms with van der Waals surface area (Å²) in [5, 5.41) is 3.38. The highest BCUT2D eigenvalue weighted by Crippen LogP contribution is 2.03. The molecule has 1 atom stereocenters. The van der Waals surface area contributed by atoms with Gasteiger partial charge in [-0.15, -0.1) is 0 Å². The second-order valence-electron chi connectivity index (χ2n) is 3.94. The second kappa shape index (κ2) is 5.83. The van der Waals surface area contributed by atoms with Crippen molar-refractivity contribution in [2.45, 2.75) is 32.9 Å². The Labute approximate surface area is 96.9 Å². The molecule has 1 unspecified atom stereocenters. The van der Waals surface area contributed by atoms with E-state index in [1.54, 1.807) is 0 Å². The highest BCUT2D eigenvalue weighted by molar-refractivity contribution is 7.80. The van der Waals surface area contributed by atoms with Gasteiger partial charge in [-0.3, -0.25) is 0 Å². The summed E-state index contributed by atoms with van der Waals surface area (Å²) in [6.45, 7) is 5.05. The Kier molecular flexibility index (Phi) is 4.72. The smallest absolute Gasteiger partial charge is 0.0742 e. The summed E-state index contributed by atoms with van der Waals surface area (Å²) in [4.78, 5) is 0.568. The normalized spacial score (nSPS) is 12.4. The van der Waals surface area contributed by atoms with Crippen LogP contribution in [0, 0.1) is 6.92 Å². The summed E-state index contributed by atoms with van der Waals surface area (Å²) < 4.78 is 0. The van der Waals surface area contributed by atoms with Crippen LogP contribution in [0.4, 0.5) is 0 Å². The molecular formula is C12H18N2S. The zero-order chi connectivity index (χ0) is 11.3. The summed E-state index contributed by atoms with van der Waals surface area (Å²) in [5.74, 6) is 0. The molecule has 0 fully saturated rings. The van der Waals surface area contributed by atoms with Crippen LogP contribution < -0.4 is 11.1 Å². The van der Waals surface area contributed by atoms with Crippen LogP contribution in [0.1, 0.15) is 24.5 Å². The molecule has 2 nitrogen and oxygen atoms in total. The standard InChI is InChI=1S/C12H18N2S/c1-9-3-5-11(6-4-9)8-14-10(2)7-12(13)15/h3-6,10,14H,7-8H2,1-2H3,(H2,13,15). The maximum Gasteiger partial charge on any atom is 0.0742 e. The maximum atomic E-state index is 5.47. The first-order valence-electron chi connectivity index (χ1n) is 5.15. The van der Waals surface area contributed by atoms with E-state index < -0.39 is 0 Å². The van der Waals surface area contributed by atoms with Crippen molar-refractivity contribution in [1.82, 2.24) is 5.32 Å². The molecule has 82 valence electrons. The van der Waals surface area contributed by atoms with Crippen molar-refractivity contribution in [3.63, 3.8) is 0 Å². The first-order chi connectivity index (χ1) is 7.08. The SMILES string of the molecule is Cc1ccc(CNC(C)CC(N)=S)cc1. The predicted octanol–water partition coefficient (Wildman–Crippen LogP) is 2.15. The van der Waals surface area contributed by atoms with Crippen molar-refractivity contribution in [3.8, 4) is 0 Å². The molecule has 0 aliphatic heterocycles. The molecule has 0 saturated heterocycles. The van der Waals surface area contributed by atoms with Gasteiger partial charge in [0, 0.05) is 19.0 Å². The van der Waals surface area contributed by atoms with E-state index in [-0.39, 0.29) is 0 Å². The zero-order valence-corrected chi connectivity index (χ0v) is 10.1. The van der Waals surface area contributed by atoms with Crippen LogP contribution in [-0.4, -0.2) is 11.0 Å². The van der Waals surface area contributed by atoms with Crippen LogP contribution in [0.15, 0.2) is 24.3 Å². The maximum absolute atomic E-state index is 5.47. The molecular weight excluding hydrogens is 204 g/mol. The van der Waals surface area contributed by atoms with Gasteiger partial charge in [0.2, 0.25) is 0 Å². The van der Waals surface area contributed by atoms with Gasteiger partial charge in [-0.2, -0.15) is 0 Å². The van der Waals surface area contributed by atoms with E-state index in [1.165, 1.54) is 11.1 Å². The summed E-state index contributed by atoms with van der Waals surface area (Å²) in [7, 11) is 0. The van der Waals surface area contributed by atoms with Crippen LogP contribution >= 0.6 is 12.2 Å². The molecule has 0 heterocycles. The molecule has 0 aromatic heterocycles. The quantitative estimate of drug-likeness (QED) is 0.750. The Morgan fingerprint density at radius 1 is 1.40 bits per heavy atom. The summed E-state index contributed by atoms with van der Waals surface area (Å²) in [5.41, 5.74) is 8.05. The second-order valence-corrected chi connectivity index (χ2v) is 4.46. The Bertz CT molecular complexity index is 319. The summed E-state index contributed by atoms with van der Waals surface area (Å²) in [6.07, 6.45) is 0.751. The lowest BCUT2D eigenvalue weighted by atomic mass is 10.1. The molecule has 0 radical (unpaired) electrons. The zero-order valence-electron chi connectivity index (χ0n) is 9.29. The molecule has 0 bridgehead atoms. The van der Waals surface area contributed by atoms with E-state index in [0.717, 1.165) is 13.0 Å². The van der Waals surface area contributed by atoms with Crippen molar-refractivity contribution in [3.05, 3.63) is 35.4 Å². The summed E-state index contributed by atoms with van der Waals surface area (Å²) in [6, 6.07) is 8.85. The molecule has 0 aliphatic carbocycles. The molecule has 1 rings (SSSR count). The van der Waals surface area contributed by atoms with Gasteiger partial charge in [0.05, 0.1) is 4.99 Å². The third kappa shape index (κ3) is 4.91. The molecule has 3 N–H and O–H groups in total. The van der Waals surface area contributed by atoms with Gasteiger partial charge >= 0.3 is 0 Å². The van der Waals surface area contributed by atoms with E-state index in [0.29, 0.717) is 11.0 Å². The van der Waals surface area contributed by atoms with Gasteiger partial charge in [0.25, 0.3) is 0 Å². The third-order valence-corrected chi connectivity index (χ3v) is 2.45. The molecule has 0 aliphatic rings. The predicted molar refractivity (Wildman–Crippen MR) is 68.9 cm³/mol. The number of nitrogens with two attached hydrogens (primary N) is 1. The Hall–Kier alpha value is -0.930. The Morgan fingerprint density at radius 2 is 2.00 bits per heavy atom. The topological polar surface area (TPSA) is 38.0 Å². The molecule has 1 aromatic carbocycles. The van der Waals surface area contributed by atoms with Crippen molar-refractivity contribution < 1.29 is 0 Å². The number of benzene rings is 1. The average Bonchev–Trinajstić information content (AvgIpc) is 2.16. The minimum Gasteiger partial charge on any atom is -0.393 e. The highest BCUT2D eigenvalue weighted by atomic mass is 32.1. The number of thiocarbonyl (C=S) groups is 1. The van der Waals surface area contributed by atoms with Gasteiger partial charge in [-0.1, -0.05) is 42.0 Å². The minimum absolute atomic E-state index is 0.337. The van der Waals surface area contributed by atoms with E-state index in [1.807, 2.05) is 0 Å². The number of rotatable bonds is 5. The van der Waals surface area contributed by atoms with E-state index in [9.17, 15) is 0 Å². The third-order valence-electron chi connectivity index (χ3n) is 2.28. The molecule has 0 saturated carbocycles. The fourth-order valence-electron chi connectivity index (χ4n) is 1.37. The number of nitrogens with one attached hydrogen (secondary N) is 1. The van der Waals surface area contributed by atoms with Crippen molar-refractivity contribution in [1.29, 1.82) is 0 Å². The number of hydrogen-bond acceptors (Lipinski definition) is 2.